The number of nitrogens with one attached hydrogen (secondary N) is 2. The van der Waals surface area contributed by atoms with Crippen LogP contribution in [0.3, 0.4) is 0 Å². The molecule has 0 saturated carbocycles. The van der Waals surface area contributed by atoms with E-state index in [1.807, 2.05) is 12.1 Å². The highest BCUT2D eigenvalue weighted by atomic mass is 19.4. The number of urea groups is 1. The summed E-state index contributed by atoms with van der Waals surface area (Å²) in [6, 6.07) is 17.1. The Morgan fingerprint density at radius 1 is 0.973 bits per heavy atom. The van der Waals surface area contributed by atoms with Crippen LogP contribution in [0, 0.1) is 0 Å². The molecule has 0 atom stereocenters. The molecule has 1 aliphatic rings. The van der Waals surface area contributed by atoms with Crippen LogP contribution in [0.15, 0.2) is 72.9 Å². The molecule has 194 valence electrons. The van der Waals surface area contributed by atoms with Gasteiger partial charge < -0.3 is 25.0 Å². The highest BCUT2D eigenvalue weighted by Crippen LogP contribution is 2.28. The maximum Gasteiger partial charge on any atom is 0.573 e. The van der Waals surface area contributed by atoms with Gasteiger partial charge in [-0.25, -0.2) is 4.79 Å². The van der Waals surface area contributed by atoms with Crippen LogP contribution in [-0.2, 0) is 6.54 Å². The van der Waals surface area contributed by atoms with Gasteiger partial charge in [0, 0.05) is 49.4 Å². The van der Waals surface area contributed by atoms with Gasteiger partial charge in [0.25, 0.3) is 5.91 Å². The van der Waals surface area contributed by atoms with E-state index in [0.717, 1.165) is 5.69 Å². The van der Waals surface area contributed by atoms with Gasteiger partial charge in [-0.3, -0.25) is 9.78 Å². The zero-order chi connectivity index (χ0) is 26.3. The van der Waals surface area contributed by atoms with Gasteiger partial charge in [-0.1, -0.05) is 18.2 Å². The van der Waals surface area contributed by atoms with Crippen LogP contribution in [-0.4, -0.2) is 47.4 Å². The number of rotatable bonds is 7. The van der Waals surface area contributed by atoms with Gasteiger partial charge in [0.15, 0.2) is 0 Å². The minimum atomic E-state index is -4.78. The van der Waals surface area contributed by atoms with E-state index in [9.17, 15) is 22.8 Å². The van der Waals surface area contributed by atoms with Gasteiger partial charge in [0.1, 0.15) is 17.6 Å². The Labute approximate surface area is 211 Å². The van der Waals surface area contributed by atoms with Crippen molar-refractivity contribution in [2.45, 2.75) is 31.9 Å². The maximum absolute atomic E-state index is 12.7. The molecule has 2 heterocycles. The first kappa shape index (κ1) is 25.8. The number of pyridine rings is 1. The molecular formula is C26H25F3N4O4. The molecule has 0 unspecified atom stereocenters. The van der Waals surface area contributed by atoms with Crippen LogP contribution in [0.1, 0.15) is 28.9 Å². The van der Waals surface area contributed by atoms with Gasteiger partial charge in [0.05, 0.1) is 12.2 Å². The maximum atomic E-state index is 12.7. The lowest BCUT2D eigenvalue weighted by molar-refractivity contribution is -0.274. The highest BCUT2D eigenvalue weighted by Gasteiger charge is 2.31. The number of piperidine rings is 1. The van der Waals surface area contributed by atoms with E-state index >= 15 is 0 Å². The topological polar surface area (TPSA) is 92.8 Å². The largest absolute Gasteiger partial charge is 0.573 e. The summed E-state index contributed by atoms with van der Waals surface area (Å²) in [4.78, 5) is 31.0. The number of benzene rings is 2. The second-order valence-electron chi connectivity index (χ2n) is 8.34. The monoisotopic (exact) mass is 514 g/mol. The van der Waals surface area contributed by atoms with Crippen molar-refractivity contribution in [3.8, 4) is 11.5 Å². The van der Waals surface area contributed by atoms with Crippen LogP contribution in [0.5, 0.6) is 11.5 Å². The number of ether oxygens (including phenoxy) is 2. The molecule has 3 amide bonds. The number of halogens is 3. The fourth-order valence-electron chi connectivity index (χ4n) is 3.83. The Morgan fingerprint density at radius 3 is 2.46 bits per heavy atom. The number of aromatic nitrogens is 1. The molecular weight excluding hydrogens is 489 g/mol. The number of amides is 3. The molecule has 0 aliphatic carbocycles. The fourth-order valence-corrected chi connectivity index (χ4v) is 3.83. The van der Waals surface area contributed by atoms with E-state index in [1.165, 1.54) is 18.2 Å². The van der Waals surface area contributed by atoms with E-state index in [4.69, 9.17) is 4.74 Å². The minimum Gasteiger partial charge on any atom is -0.490 e. The first-order valence-corrected chi connectivity index (χ1v) is 11.6. The van der Waals surface area contributed by atoms with Crippen LogP contribution in [0.2, 0.25) is 0 Å². The van der Waals surface area contributed by atoms with Crippen molar-refractivity contribution in [1.29, 1.82) is 0 Å². The summed E-state index contributed by atoms with van der Waals surface area (Å²) < 4.78 is 47.0. The Morgan fingerprint density at radius 2 is 1.73 bits per heavy atom. The molecule has 11 heteroatoms. The van der Waals surface area contributed by atoms with E-state index in [1.54, 1.807) is 47.5 Å². The van der Waals surface area contributed by atoms with Gasteiger partial charge in [-0.15, -0.1) is 13.2 Å². The second kappa shape index (κ2) is 11.6. The molecule has 1 saturated heterocycles. The van der Waals surface area contributed by atoms with Crippen molar-refractivity contribution in [3.63, 3.8) is 0 Å². The van der Waals surface area contributed by atoms with Crippen molar-refractivity contribution < 1.29 is 32.2 Å². The van der Waals surface area contributed by atoms with E-state index < -0.39 is 6.36 Å². The summed E-state index contributed by atoms with van der Waals surface area (Å²) in [5.74, 6) is -0.373. The Hall–Kier alpha value is -4.28. The van der Waals surface area contributed by atoms with Gasteiger partial charge in [-0.05, 0) is 42.5 Å². The normalized spacial score (nSPS) is 14.1. The highest BCUT2D eigenvalue weighted by molar-refractivity contribution is 5.96. The summed E-state index contributed by atoms with van der Waals surface area (Å²) in [6.07, 6.45) is -2.37. The average Bonchev–Trinajstić information content (AvgIpc) is 2.87. The fraction of sp³-hybridized carbons (Fsp3) is 0.269. The molecule has 37 heavy (non-hydrogen) atoms. The first-order valence-electron chi connectivity index (χ1n) is 11.6. The Balaban J connectivity index is 1.25. The zero-order valence-corrected chi connectivity index (χ0v) is 19.7. The number of likely N-dealkylation sites (tertiary alicyclic amines) is 1. The molecule has 0 radical (unpaired) electrons. The lowest BCUT2D eigenvalue weighted by atomic mass is 10.1. The van der Waals surface area contributed by atoms with Gasteiger partial charge in [0.2, 0.25) is 0 Å². The van der Waals surface area contributed by atoms with E-state index in [-0.39, 0.29) is 36.1 Å². The third kappa shape index (κ3) is 7.86. The molecule has 0 spiro atoms. The Bertz CT molecular complexity index is 1220. The predicted octanol–water partition coefficient (Wildman–Crippen LogP) is 4.99. The lowest BCUT2D eigenvalue weighted by Crippen LogP contribution is -2.43. The van der Waals surface area contributed by atoms with Crippen LogP contribution in [0.4, 0.5) is 23.7 Å². The van der Waals surface area contributed by atoms with E-state index in [2.05, 4.69) is 20.4 Å². The number of carbonyl (C=O) groups is 2. The average molecular weight is 515 g/mol. The number of anilines is 1. The quantitative estimate of drug-likeness (QED) is 0.464. The second-order valence-corrected chi connectivity index (χ2v) is 8.34. The van der Waals surface area contributed by atoms with Crippen molar-refractivity contribution in [2.24, 2.45) is 0 Å². The third-order valence-corrected chi connectivity index (χ3v) is 5.60. The van der Waals surface area contributed by atoms with Crippen molar-refractivity contribution in [1.82, 2.24) is 15.2 Å². The summed E-state index contributed by atoms with van der Waals surface area (Å²) in [7, 11) is 0. The summed E-state index contributed by atoms with van der Waals surface area (Å²) in [5.41, 5.74) is 1.61. The van der Waals surface area contributed by atoms with Crippen LogP contribution in [0.25, 0.3) is 0 Å². The summed E-state index contributed by atoms with van der Waals surface area (Å²) in [5, 5.41) is 5.60. The molecule has 1 fully saturated rings. The number of hydrogen-bond acceptors (Lipinski definition) is 5. The molecule has 2 aromatic carbocycles. The van der Waals surface area contributed by atoms with Crippen molar-refractivity contribution >= 4 is 17.6 Å². The van der Waals surface area contributed by atoms with Crippen LogP contribution >= 0.6 is 0 Å². The molecule has 4 rings (SSSR count). The van der Waals surface area contributed by atoms with E-state index in [0.29, 0.717) is 37.2 Å². The van der Waals surface area contributed by atoms with Crippen LogP contribution < -0.4 is 20.1 Å². The predicted molar refractivity (Wildman–Crippen MR) is 129 cm³/mol. The molecule has 1 aliphatic heterocycles. The summed E-state index contributed by atoms with van der Waals surface area (Å²) >= 11 is 0. The molecule has 2 N–H and O–H groups in total. The first-order chi connectivity index (χ1) is 17.7. The number of hydrogen-bond donors (Lipinski definition) is 2. The minimum absolute atomic E-state index is 0.253. The number of alkyl halides is 3. The molecule has 0 bridgehead atoms. The molecule has 8 nitrogen and oxygen atoms in total. The molecule has 3 aromatic rings. The van der Waals surface area contributed by atoms with Crippen molar-refractivity contribution in [3.05, 3.63) is 84.2 Å². The number of nitrogens with zero attached hydrogens (tertiary/aromatic N) is 2. The zero-order valence-electron chi connectivity index (χ0n) is 19.7. The lowest BCUT2D eigenvalue weighted by Gasteiger charge is -2.32. The Kier molecular flexibility index (Phi) is 8.11. The van der Waals surface area contributed by atoms with Crippen molar-refractivity contribution in [2.75, 3.05) is 18.4 Å². The number of carbonyl (C=O) groups excluding carboxylic acids is 2. The SMILES string of the molecule is O=C(NCc1ccccn1)c1cccc(NC(=O)N2CCC(Oc3cccc(OC(F)(F)F)c3)CC2)c1. The van der Waals surface area contributed by atoms with Gasteiger partial charge >= 0.3 is 12.4 Å². The molecule has 1 aromatic heterocycles. The smallest absolute Gasteiger partial charge is 0.490 e. The standard InChI is InChI=1S/C26H25F3N4O4/c27-26(28,29)37-23-9-4-8-22(16-23)36-21-10-13-33(14-11-21)25(35)32-19-7-3-5-18(15-19)24(34)31-17-20-6-1-2-12-30-20/h1-9,12,15-16,21H,10-11,13-14,17H2,(H,31,34)(H,32,35). The summed E-state index contributed by atoms with van der Waals surface area (Å²) in [6.45, 7) is 1.09. The van der Waals surface area contributed by atoms with Gasteiger partial charge in [-0.2, -0.15) is 0 Å². The third-order valence-electron chi connectivity index (χ3n) is 5.60.